The van der Waals surface area contributed by atoms with Crippen molar-refractivity contribution in [1.82, 2.24) is 9.21 Å². The molecule has 1 aliphatic heterocycles. The van der Waals surface area contributed by atoms with E-state index in [2.05, 4.69) is 0 Å². The van der Waals surface area contributed by atoms with Gasteiger partial charge in [0.2, 0.25) is 15.9 Å². The smallest absolute Gasteiger partial charge is 0.329 e. The van der Waals surface area contributed by atoms with Gasteiger partial charge in [0.15, 0.2) is 0 Å². The lowest BCUT2D eigenvalue weighted by Gasteiger charge is -2.43. The molecule has 1 saturated carbocycles. The highest BCUT2D eigenvalue weighted by Gasteiger charge is 2.47. The Hall–Kier alpha value is -1.15. The molecule has 23 heavy (non-hydrogen) atoms. The molecule has 2 aliphatic rings. The molecule has 1 amide bonds. The topological polar surface area (TPSA) is 95.0 Å². The number of likely N-dealkylation sites (N-methyl/N-ethyl adjacent to an activating group) is 1. The zero-order chi connectivity index (χ0) is 17.3. The summed E-state index contributed by atoms with van der Waals surface area (Å²) in [5.41, 5.74) is -1.09. The Balaban J connectivity index is 2.06. The quantitative estimate of drug-likeness (QED) is 0.816. The van der Waals surface area contributed by atoms with Gasteiger partial charge in [-0.3, -0.25) is 4.79 Å². The van der Waals surface area contributed by atoms with Crippen molar-refractivity contribution in [3.05, 3.63) is 0 Å². The third-order valence-corrected chi connectivity index (χ3v) is 6.63. The van der Waals surface area contributed by atoms with Crippen molar-refractivity contribution in [2.24, 2.45) is 5.92 Å². The average Bonchev–Trinajstić information content (AvgIpc) is 2.53. The molecule has 1 heterocycles. The van der Waals surface area contributed by atoms with Crippen LogP contribution in [0.1, 0.15) is 44.9 Å². The highest BCUT2D eigenvalue weighted by Crippen LogP contribution is 2.35. The Bertz CT molecular complexity index is 560. The number of hydrogen-bond acceptors (Lipinski definition) is 4. The Morgan fingerprint density at radius 3 is 2.09 bits per heavy atom. The second-order valence-corrected chi connectivity index (χ2v) is 8.71. The summed E-state index contributed by atoms with van der Waals surface area (Å²) in [5, 5.41) is 9.67. The highest BCUT2D eigenvalue weighted by atomic mass is 32.2. The zero-order valence-corrected chi connectivity index (χ0v) is 14.6. The first kappa shape index (κ1) is 18.2. The molecular weight excluding hydrogens is 320 g/mol. The Morgan fingerprint density at radius 1 is 1.13 bits per heavy atom. The molecule has 2 fully saturated rings. The Morgan fingerprint density at radius 2 is 1.65 bits per heavy atom. The van der Waals surface area contributed by atoms with E-state index in [1.54, 1.807) is 7.05 Å². The lowest BCUT2D eigenvalue weighted by Crippen LogP contribution is -2.58. The van der Waals surface area contributed by atoms with E-state index in [4.69, 9.17) is 0 Å². The minimum Gasteiger partial charge on any atom is -0.479 e. The lowest BCUT2D eigenvalue weighted by molar-refractivity contribution is -0.162. The summed E-state index contributed by atoms with van der Waals surface area (Å²) in [6.45, 7) is 0.645. The Labute approximate surface area is 137 Å². The van der Waals surface area contributed by atoms with Gasteiger partial charge >= 0.3 is 5.97 Å². The number of nitrogens with zero attached hydrogens (tertiary/aromatic N) is 2. The van der Waals surface area contributed by atoms with E-state index in [1.165, 1.54) is 15.5 Å². The van der Waals surface area contributed by atoms with Crippen LogP contribution in [0.2, 0.25) is 0 Å². The number of hydrogen-bond donors (Lipinski definition) is 1. The van der Waals surface area contributed by atoms with E-state index in [-0.39, 0.29) is 11.8 Å². The molecule has 0 aromatic carbocycles. The fourth-order valence-electron chi connectivity index (χ4n) is 3.75. The maximum atomic E-state index is 12.8. The summed E-state index contributed by atoms with van der Waals surface area (Å²) in [5.74, 6) is -1.39. The van der Waals surface area contributed by atoms with Crippen LogP contribution in [0.25, 0.3) is 0 Å². The normalized spacial score (nSPS) is 23.4. The summed E-state index contributed by atoms with van der Waals surface area (Å²) in [6, 6.07) is 0. The van der Waals surface area contributed by atoms with Crippen LogP contribution in [-0.4, -0.2) is 66.5 Å². The van der Waals surface area contributed by atoms with Gasteiger partial charge in [0.25, 0.3) is 0 Å². The molecular formula is C15H26N2O5S. The minimum absolute atomic E-state index is 0.164. The largest absolute Gasteiger partial charge is 0.479 e. The van der Waals surface area contributed by atoms with E-state index in [0.29, 0.717) is 38.8 Å². The van der Waals surface area contributed by atoms with Gasteiger partial charge < -0.3 is 10.0 Å². The van der Waals surface area contributed by atoms with E-state index < -0.39 is 21.5 Å². The van der Waals surface area contributed by atoms with Gasteiger partial charge in [-0.15, -0.1) is 0 Å². The SMILES string of the molecule is CN(C(=O)C1CCN(S(C)(=O)=O)CC1)C1(C(=O)O)CCCCC1. The Kier molecular flexibility index (Phi) is 5.35. The first-order valence-corrected chi connectivity index (χ1v) is 9.99. The summed E-state index contributed by atoms with van der Waals surface area (Å²) < 4.78 is 24.5. The molecule has 132 valence electrons. The molecule has 0 aromatic rings. The predicted octanol–water partition coefficient (Wildman–Crippen LogP) is 0.904. The summed E-state index contributed by atoms with van der Waals surface area (Å²) in [6.07, 6.45) is 5.69. The van der Waals surface area contributed by atoms with Gasteiger partial charge in [0.05, 0.1) is 6.26 Å². The molecule has 0 bridgehead atoms. The maximum absolute atomic E-state index is 12.8. The summed E-state index contributed by atoms with van der Waals surface area (Å²) in [7, 11) is -1.64. The van der Waals surface area contributed by atoms with Crippen molar-refractivity contribution < 1.29 is 23.1 Å². The fourth-order valence-corrected chi connectivity index (χ4v) is 4.62. The lowest BCUT2D eigenvalue weighted by atomic mass is 9.79. The molecule has 0 radical (unpaired) electrons. The molecule has 2 rings (SSSR count). The molecule has 8 heteroatoms. The molecule has 1 saturated heterocycles. The van der Waals surface area contributed by atoms with Crippen molar-refractivity contribution in [3.63, 3.8) is 0 Å². The third-order valence-electron chi connectivity index (χ3n) is 5.32. The minimum atomic E-state index is -3.23. The molecule has 0 unspecified atom stereocenters. The second-order valence-electron chi connectivity index (χ2n) is 6.73. The number of carbonyl (C=O) groups excluding carboxylic acids is 1. The van der Waals surface area contributed by atoms with Crippen molar-refractivity contribution in [2.45, 2.75) is 50.5 Å². The van der Waals surface area contributed by atoms with Crippen LogP contribution in [0.5, 0.6) is 0 Å². The first-order valence-electron chi connectivity index (χ1n) is 8.15. The van der Waals surface area contributed by atoms with Crippen molar-refractivity contribution in [3.8, 4) is 0 Å². The van der Waals surface area contributed by atoms with Gasteiger partial charge in [0, 0.05) is 26.1 Å². The van der Waals surface area contributed by atoms with E-state index in [1.807, 2.05) is 0 Å². The maximum Gasteiger partial charge on any atom is 0.329 e. The van der Waals surface area contributed by atoms with Crippen LogP contribution in [0, 0.1) is 5.92 Å². The van der Waals surface area contributed by atoms with Gasteiger partial charge in [-0.25, -0.2) is 17.5 Å². The zero-order valence-electron chi connectivity index (χ0n) is 13.8. The standard InChI is InChI=1S/C15H26N2O5S/c1-16(15(14(19)20)8-4-3-5-9-15)13(18)12-6-10-17(11-7-12)23(2,21)22/h12H,3-11H2,1-2H3,(H,19,20). The van der Waals surface area contributed by atoms with Crippen LogP contribution in [0.15, 0.2) is 0 Å². The third kappa shape index (κ3) is 3.68. The molecule has 1 aliphatic carbocycles. The molecule has 0 aromatic heterocycles. The van der Waals surface area contributed by atoms with Gasteiger partial charge in [-0.2, -0.15) is 0 Å². The second kappa shape index (κ2) is 6.76. The van der Waals surface area contributed by atoms with E-state index in [9.17, 15) is 23.1 Å². The first-order chi connectivity index (χ1) is 10.7. The van der Waals surface area contributed by atoms with E-state index in [0.717, 1.165) is 19.3 Å². The number of sulfonamides is 1. The number of carbonyl (C=O) groups is 2. The summed E-state index contributed by atoms with van der Waals surface area (Å²) in [4.78, 5) is 26.0. The van der Waals surface area contributed by atoms with Crippen LogP contribution in [0.3, 0.4) is 0 Å². The number of rotatable bonds is 4. The van der Waals surface area contributed by atoms with Crippen LogP contribution >= 0.6 is 0 Å². The fraction of sp³-hybridized carbons (Fsp3) is 0.867. The number of aliphatic carboxylic acids is 1. The predicted molar refractivity (Wildman–Crippen MR) is 85.4 cm³/mol. The van der Waals surface area contributed by atoms with Gasteiger partial charge in [-0.05, 0) is 25.7 Å². The number of amides is 1. The molecule has 7 nitrogen and oxygen atoms in total. The van der Waals surface area contributed by atoms with Crippen molar-refractivity contribution >= 4 is 21.9 Å². The van der Waals surface area contributed by atoms with Crippen molar-refractivity contribution in [2.75, 3.05) is 26.4 Å². The van der Waals surface area contributed by atoms with Crippen molar-refractivity contribution in [1.29, 1.82) is 0 Å². The average molecular weight is 346 g/mol. The number of carboxylic acid groups (broad SMARTS) is 1. The number of carboxylic acids is 1. The molecule has 0 spiro atoms. The monoisotopic (exact) mass is 346 g/mol. The van der Waals surface area contributed by atoms with Crippen LogP contribution in [0.4, 0.5) is 0 Å². The van der Waals surface area contributed by atoms with E-state index >= 15 is 0 Å². The number of piperidine rings is 1. The summed E-state index contributed by atoms with van der Waals surface area (Å²) >= 11 is 0. The molecule has 0 atom stereocenters. The van der Waals surface area contributed by atoms with Gasteiger partial charge in [-0.1, -0.05) is 19.3 Å². The molecule has 1 N–H and O–H groups in total. The van der Waals surface area contributed by atoms with Crippen LogP contribution < -0.4 is 0 Å². The highest BCUT2D eigenvalue weighted by molar-refractivity contribution is 7.88. The van der Waals surface area contributed by atoms with Crippen LogP contribution in [-0.2, 0) is 19.6 Å². The van der Waals surface area contributed by atoms with Gasteiger partial charge in [0.1, 0.15) is 5.54 Å².